The highest BCUT2D eigenvalue weighted by Gasteiger charge is 2.30. The maximum Gasteiger partial charge on any atom is 0.208 e. The molecule has 0 aliphatic carbocycles. The van der Waals surface area contributed by atoms with Crippen molar-refractivity contribution in [3.8, 4) is 0 Å². The van der Waals surface area contributed by atoms with Gasteiger partial charge in [0, 0.05) is 18.8 Å². The molecule has 0 heterocycles. The summed E-state index contributed by atoms with van der Waals surface area (Å²) in [5.74, 6) is 0. The summed E-state index contributed by atoms with van der Waals surface area (Å²) in [5, 5.41) is 11.5. The molecule has 106 valence electrons. The minimum atomic E-state index is -3.29. The number of oxime groups is 1. The number of rotatable bonds is 8. The minimum Gasteiger partial charge on any atom is -0.411 e. The molecule has 0 aromatic heterocycles. The summed E-state index contributed by atoms with van der Waals surface area (Å²) in [7, 11) is -3.29. The summed E-state index contributed by atoms with van der Waals surface area (Å²) >= 11 is 0. The van der Waals surface area contributed by atoms with Gasteiger partial charge in [-0.15, -0.1) is 5.16 Å². The summed E-state index contributed by atoms with van der Waals surface area (Å²) in [5.41, 5.74) is 0.339. The Balaban J connectivity index is 2.87. The summed E-state index contributed by atoms with van der Waals surface area (Å²) in [6.07, 6.45) is 4.62. The number of benzene rings is 1. The summed E-state index contributed by atoms with van der Waals surface area (Å²) < 4.78 is 12.5. The SMILES string of the molecule is CCCCCP(=O)(O)C(CC=NO)c1ccccc1. The van der Waals surface area contributed by atoms with Gasteiger partial charge in [0.15, 0.2) is 0 Å². The normalized spacial score (nSPS) is 16.3. The van der Waals surface area contributed by atoms with Gasteiger partial charge in [-0.3, -0.25) is 4.57 Å². The molecule has 0 radical (unpaired) electrons. The first-order chi connectivity index (χ1) is 9.11. The Morgan fingerprint density at radius 1 is 1.32 bits per heavy atom. The predicted octanol–water partition coefficient (Wildman–Crippen LogP) is 4.04. The summed E-state index contributed by atoms with van der Waals surface area (Å²) in [4.78, 5) is 10.3. The van der Waals surface area contributed by atoms with Gasteiger partial charge in [0.2, 0.25) is 7.37 Å². The van der Waals surface area contributed by atoms with E-state index in [0.717, 1.165) is 24.8 Å². The highest BCUT2D eigenvalue weighted by molar-refractivity contribution is 7.58. The van der Waals surface area contributed by atoms with E-state index in [1.54, 1.807) is 0 Å². The van der Waals surface area contributed by atoms with Gasteiger partial charge in [-0.2, -0.15) is 0 Å². The molecule has 0 fully saturated rings. The van der Waals surface area contributed by atoms with Crippen molar-refractivity contribution in [2.45, 2.75) is 38.3 Å². The zero-order chi connectivity index (χ0) is 14.1. The smallest absolute Gasteiger partial charge is 0.208 e. The molecule has 2 atom stereocenters. The van der Waals surface area contributed by atoms with Crippen molar-refractivity contribution in [1.29, 1.82) is 0 Å². The second-order valence-electron chi connectivity index (χ2n) is 4.65. The van der Waals surface area contributed by atoms with E-state index < -0.39 is 13.0 Å². The van der Waals surface area contributed by atoms with Crippen molar-refractivity contribution in [2.24, 2.45) is 5.16 Å². The maximum atomic E-state index is 12.5. The average Bonchev–Trinajstić information content (AvgIpc) is 2.40. The van der Waals surface area contributed by atoms with Crippen LogP contribution in [0.1, 0.15) is 43.8 Å². The molecule has 1 rings (SSSR count). The number of hydrogen-bond donors (Lipinski definition) is 2. The molecule has 0 bridgehead atoms. The van der Waals surface area contributed by atoms with Gasteiger partial charge in [0.1, 0.15) is 0 Å². The van der Waals surface area contributed by atoms with Gasteiger partial charge < -0.3 is 10.1 Å². The fourth-order valence-electron chi connectivity index (χ4n) is 2.10. The Hall–Kier alpha value is -1.12. The average molecular weight is 283 g/mol. The molecule has 2 unspecified atom stereocenters. The van der Waals surface area contributed by atoms with Crippen molar-refractivity contribution >= 4 is 13.6 Å². The van der Waals surface area contributed by atoms with E-state index in [1.165, 1.54) is 6.21 Å². The first kappa shape index (κ1) is 15.9. The third-order valence-electron chi connectivity index (χ3n) is 3.16. The quantitative estimate of drug-likeness (QED) is 0.249. The Morgan fingerprint density at radius 3 is 2.58 bits per heavy atom. The highest BCUT2D eigenvalue weighted by Crippen LogP contribution is 2.57. The van der Waals surface area contributed by atoms with E-state index in [2.05, 4.69) is 12.1 Å². The zero-order valence-corrected chi connectivity index (χ0v) is 12.2. The van der Waals surface area contributed by atoms with Crippen LogP contribution in [0.5, 0.6) is 0 Å². The number of unbranched alkanes of at least 4 members (excludes halogenated alkanes) is 2. The Bertz CT molecular complexity index is 434. The standard InChI is InChI=1S/C14H22NO3P/c1-2-3-7-12-19(17,18)14(10-11-15-16)13-8-5-4-6-9-13/h4-6,8-9,11,14,16H,2-3,7,10,12H2,1H3,(H,17,18). The monoisotopic (exact) mass is 283 g/mol. The van der Waals surface area contributed by atoms with Crippen molar-refractivity contribution in [2.75, 3.05) is 6.16 Å². The summed E-state index contributed by atoms with van der Waals surface area (Å²) in [6, 6.07) is 9.27. The minimum absolute atomic E-state index is 0.278. The van der Waals surface area contributed by atoms with Crippen LogP contribution in [0.15, 0.2) is 35.5 Å². The van der Waals surface area contributed by atoms with Crippen molar-refractivity contribution in [1.82, 2.24) is 0 Å². The lowest BCUT2D eigenvalue weighted by Crippen LogP contribution is -2.04. The van der Waals surface area contributed by atoms with Gasteiger partial charge in [-0.25, -0.2) is 0 Å². The zero-order valence-electron chi connectivity index (χ0n) is 11.3. The lowest BCUT2D eigenvalue weighted by atomic mass is 10.1. The van der Waals surface area contributed by atoms with Crippen molar-refractivity contribution in [3.63, 3.8) is 0 Å². The number of hydrogen-bond acceptors (Lipinski definition) is 3. The van der Waals surface area contributed by atoms with Gasteiger partial charge in [-0.1, -0.05) is 50.1 Å². The molecule has 0 saturated carbocycles. The fraction of sp³-hybridized carbons (Fsp3) is 0.500. The molecule has 0 aliphatic rings. The largest absolute Gasteiger partial charge is 0.411 e. The molecule has 0 amide bonds. The van der Waals surface area contributed by atoms with Crippen LogP contribution in [0, 0.1) is 0 Å². The molecule has 1 aromatic rings. The molecule has 0 saturated heterocycles. The second kappa shape index (κ2) is 8.13. The van der Waals surface area contributed by atoms with E-state index in [0.29, 0.717) is 6.16 Å². The van der Waals surface area contributed by atoms with Gasteiger partial charge in [-0.05, 0) is 12.0 Å². The third-order valence-corrected chi connectivity index (χ3v) is 5.60. The molecule has 2 N–H and O–H groups in total. The first-order valence-corrected chi connectivity index (χ1v) is 8.55. The third kappa shape index (κ3) is 5.17. The molecule has 0 spiro atoms. The highest BCUT2D eigenvalue weighted by atomic mass is 31.2. The Labute approximate surface area is 114 Å². The predicted molar refractivity (Wildman–Crippen MR) is 78.3 cm³/mol. The van der Waals surface area contributed by atoms with Crippen LogP contribution in [0.25, 0.3) is 0 Å². The molecule has 5 heteroatoms. The van der Waals surface area contributed by atoms with Crippen LogP contribution in [-0.2, 0) is 4.57 Å². The van der Waals surface area contributed by atoms with E-state index in [-0.39, 0.29) is 6.42 Å². The van der Waals surface area contributed by atoms with Gasteiger partial charge >= 0.3 is 0 Å². The van der Waals surface area contributed by atoms with Crippen LogP contribution in [0.2, 0.25) is 0 Å². The van der Waals surface area contributed by atoms with E-state index >= 15 is 0 Å². The van der Waals surface area contributed by atoms with Gasteiger partial charge in [0.25, 0.3) is 0 Å². The lowest BCUT2D eigenvalue weighted by Gasteiger charge is -2.22. The Morgan fingerprint density at radius 2 is 2.00 bits per heavy atom. The second-order valence-corrected chi connectivity index (χ2v) is 7.23. The first-order valence-electron chi connectivity index (χ1n) is 6.64. The molecule has 4 nitrogen and oxygen atoms in total. The van der Waals surface area contributed by atoms with E-state index in [4.69, 9.17) is 5.21 Å². The van der Waals surface area contributed by atoms with Crippen LogP contribution in [0.4, 0.5) is 0 Å². The number of nitrogens with zero attached hydrogens (tertiary/aromatic N) is 1. The van der Waals surface area contributed by atoms with Gasteiger partial charge in [0.05, 0.1) is 5.66 Å². The van der Waals surface area contributed by atoms with Crippen molar-refractivity contribution in [3.05, 3.63) is 35.9 Å². The Kier molecular flexibility index (Phi) is 6.82. The van der Waals surface area contributed by atoms with Crippen molar-refractivity contribution < 1.29 is 14.7 Å². The molecule has 0 aliphatic heterocycles. The van der Waals surface area contributed by atoms with Crippen LogP contribution < -0.4 is 0 Å². The summed E-state index contributed by atoms with van der Waals surface area (Å²) in [6.45, 7) is 2.06. The lowest BCUT2D eigenvalue weighted by molar-refractivity contribution is 0.320. The topological polar surface area (TPSA) is 69.9 Å². The molecule has 19 heavy (non-hydrogen) atoms. The molecular weight excluding hydrogens is 261 g/mol. The van der Waals surface area contributed by atoms with E-state index in [1.807, 2.05) is 30.3 Å². The molecular formula is C14H22NO3P. The van der Waals surface area contributed by atoms with Crippen LogP contribution >= 0.6 is 7.37 Å². The van der Waals surface area contributed by atoms with E-state index in [9.17, 15) is 9.46 Å². The van der Waals surface area contributed by atoms with Crippen LogP contribution in [-0.4, -0.2) is 22.5 Å². The molecule has 1 aromatic carbocycles. The maximum absolute atomic E-state index is 12.5. The fourth-order valence-corrected chi connectivity index (χ4v) is 4.15. The van der Waals surface area contributed by atoms with Crippen LogP contribution in [0.3, 0.4) is 0 Å².